The van der Waals surface area contributed by atoms with Crippen molar-refractivity contribution in [2.75, 3.05) is 6.61 Å². The minimum Gasteiger partial charge on any atom is -0.491 e. The minimum absolute atomic E-state index is 0.486. The highest BCUT2D eigenvalue weighted by Gasteiger charge is 2.03. The SMILES string of the molecule is CC(C)NCc1ccc(OCCn2ccnc2)c(Br)c1. The van der Waals surface area contributed by atoms with Crippen LogP contribution in [-0.4, -0.2) is 22.2 Å². The molecule has 2 rings (SSSR count). The molecule has 5 heteroatoms. The second-order valence-electron chi connectivity index (χ2n) is 4.95. The zero-order valence-electron chi connectivity index (χ0n) is 11.8. The van der Waals surface area contributed by atoms with E-state index in [1.54, 1.807) is 12.5 Å². The van der Waals surface area contributed by atoms with Gasteiger partial charge in [0, 0.05) is 25.0 Å². The third kappa shape index (κ3) is 4.65. The zero-order valence-corrected chi connectivity index (χ0v) is 13.4. The van der Waals surface area contributed by atoms with E-state index in [1.807, 2.05) is 16.8 Å². The highest BCUT2D eigenvalue weighted by Crippen LogP contribution is 2.26. The molecule has 0 atom stereocenters. The van der Waals surface area contributed by atoms with Gasteiger partial charge in [0.1, 0.15) is 12.4 Å². The molecule has 0 amide bonds. The number of halogens is 1. The lowest BCUT2D eigenvalue weighted by atomic mass is 10.2. The number of hydrogen-bond acceptors (Lipinski definition) is 3. The molecule has 0 saturated heterocycles. The Hall–Kier alpha value is -1.33. The van der Waals surface area contributed by atoms with E-state index in [1.165, 1.54) is 5.56 Å². The number of imidazole rings is 1. The van der Waals surface area contributed by atoms with E-state index in [0.717, 1.165) is 23.3 Å². The smallest absolute Gasteiger partial charge is 0.133 e. The van der Waals surface area contributed by atoms with Gasteiger partial charge in [0.15, 0.2) is 0 Å². The van der Waals surface area contributed by atoms with Gasteiger partial charge in [-0.05, 0) is 33.6 Å². The summed E-state index contributed by atoms with van der Waals surface area (Å²) in [5.74, 6) is 0.874. The molecule has 0 aliphatic carbocycles. The van der Waals surface area contributed by atoms with Gasteiger partial charge in [-0.2, -0.15) is 0 Å². The third-order valence-electron chi connectivity index (χ3n) is 2.88. The van der Waals surface area contributed by atoms with Gasteiger partial charge in [0.05, 0.1) is 17.3 Å². The minimum atomic E-state index is 0.486. The lowest BCUT2D eigenvalue weighted by Crippen LogP contribution is -2.21. The van der Waals surface area contributed by atoms with Gasteiger partial charge in [-0.15, -0.1) is 0 Å². The van der Waals surface area contributed by atoms with E-state index in [-0.39, 0.29) is 0 Å². The van der Waals surface area contributed by atoms with Gasteiger partial charge < -0.3 is 14.6 Å². The lowest BCUT2D eigenvalue weighted by molar-refractivity contribution is 0.296. The highest BCUT2D eigenvalue weighted by molar-refractivity contribution is 9.10. The summed E-state index contributed by atoms with van der Waals surface area (Å²) >= 11 is 3.56. The number of aromatic nitrogens is 2. The first-order valence-electron chi connectivity index (χ1n) is 6.75. The molecule has 1 aromatic carbocycles. The number of benzene rings is 1. The standard InChI is InChI=1S/C15H20BrN3O/c1-12(2)18-10-13-3-4-15(14(16)9-13)20-8-7-19-6-5-17-11-19/h3-6,9,11-12,18H,7-8,10H2,1-2H3. The summed E-state index contributed by atoms with van der Waals surface area (Å²) < 4.78 is 8.76. The van der Waals surface area contributed by atoms with Crippen molar-refractivity contribution in [1.82, 2.24) is 14.9 Å². The van der Waals surface area contributed by atoms with Crippen molar-refractivity contribution >= 4 is 15.9 Å². The molecular weight excluding hydrogens is 318 g/mol. The first kappa shape index (κ1) is 15.1. The Morgan fingerprint density at radius 1 is 1.40 bits per heavy atom. The molecule has 1 heterocycles. The number of nitrogens with zero attached hydrogens (tertiary/aromatic N) is 2. The van der Waals surface area contributed by atoms with Crippen molar-refractivity contribution in [2.24, 2.45) is 0 Å². The van der Waals surface area contributed by atoms with Gasteiger partial charge in [-0.1, -0.05) is 19.9 Å². The predicted octanol–water partition coefficient (Wildman–Crippen LogP) is 3.22. The third-order valence-corrected chi connectivity index (χ3v) is 3.50. The molecule has 0 spiro atoms. The van der Waals surface area contributed by atoms with Crippen molar-refractivity contribution in [3.05, 3.63) is 47.0 Å². The molecule has 0 aliphatic rings. The van der Waals surface area contributed by atoms with Crippen LogP contribution < -0.4 is 10.1 Å². The van der Waals surface area contributed by atoms with Crippen LogP contribution in [0.2, 0.25) is 0 Å². The van der Waals surface area contributed by atoms with Crippen LogP contribution in [-0.2, 0) is 13.1 Å². The molecular formula is C15H20BrN3O. The monoisotopic (exact) mass is 337 g/mol. The average Bonchev–Trinajstić information content (AvgIpc) is 2.92. The molecule has 0 fully saturated rings. The number of nitrogens with one attached hydrogen (secondary N) is 1. The molecule has 1 N–H and O–H groups in total. The summed E-state index contributed by atoms with van der Waals surface area (Å²) in [5, 5.41) is 3.40. The molecule has 108 valence electrons. The Kier molecular flexibility index (Phi) is 5.61. The molecule has 0 saturated carbocycles. The van der Waals surface area contributed by atoms with Crippen molar-refractivity contribution in [3.63, 3.8) is 0 Å². The van der Waals surface area contributed by atoms with Crippen molar-refractivity contribution in [3.8, 4) is 5.75 Å². The van der Waals surface area contributed by atoms with E-state index >= 15 is 0 Å². The van der Waals surface area contributed by atoms with E-state index in [0.29, 0.717) is 12.6 Å². The van der Waals surface area contributed by atoms with Crippen LogP contribution in [0.15, 0.2) is 41.4 Å². The van der Waals surface area contributed by atoms with E-state index < -0.39 is 0 Å². The largest absolute Gasteiger partial charge is 0.491 e. The normalized spacial score (nSPS) is 11.0. The Bertz CT molecular complexity index is 526. The summed E-state index contributed by atoms with van der Waals surface area (Å²) in [6.45, 7) is 6.57. The molecule has 4 nitrogen and oxygen atoms in total. The molecule has 0 unspecified atom stereocenters. The maximum absolute atomic E-state index is 5.77. The number of rotatable bonds is 7. The molecule has 0 radical (unpaired) electrons. The Morgan fingerprint density at radius 2 is 2.25 bits per heavy atom. The second kappa shape index (κ2) is 7.45. The number of ether oxygens (including phenoxy) is 1. The average molecular weight is 338 g/mol. The van der Waals surface area contributed by atoms with E-state index in [9.17, 15) is 0 Å². The molecule has 0 bridgehead atoms. The van der Waals surface area contributed by atoms with Crippen LogP contribution in [0.3, 0.4) is 0 Å². The van der Waals surface area contributed by atoms with Gasteiger partial charge in [0.25, 0.3) is 0 Å². The first-order chi connectivity index (χ1) is 9.65. The molecule has 1 aromatic heterocycles. The summed E-state index contributed by atoms with van der Waals surface area (Å²) in [4.78, 5) is 4.00. The van der Waals surface area contributed by atoms with Gasteiger partial charge in [-0.3, -0.25) is 0 Å². The van der Waals surface area contributed by atoms with Crippen molar-refractivity contribution < 1.29 is 4.74 Å². The fourth-order valence-corrected chi connectivity index (χ4v) is 2.31. The fraction of sp³-hybridized carbons (Fsp3) is 0.400. The summed E-state index contributed by atoms with van der Waals surface area (Å²) in [6, 6.07) is 6.68. The second-order valence-corrected chi connectivity index (χ2v) is 5.80. The Labute approximate surface area is 128 Å². The fourth-order valence-electron chi connectivity index (χ4n) is 1.77. The van der Waals surface area contributed by atoms with Gasteiger partial charge >= 0.3 is 0 Å². The van der Waals surface area contributed by atoms with E-state index in [2.05, 4.69) is 52.2 Å². The van der Waals surface area contributed by atoms with E-state index in [4.69, 9.17) is 4.74 Å². The molecule has 20 heavy (non-hydrogen) atoms. The highest BCUT2D eigenvalue weighted by atomic mass is 79.9. The molecule has 0 aliphatic heterocycles. The Balaban J connectivity index is 1.85. The summed E-state index contributed by atoms with van der Waals surface area (Å²) in [7, 11) is 0. The zero-order chi connectivity index (χ0) is 14.4. The van der Waals surface area contributed by atoms with Gasteiger partial charge in [0.2, 0.25) is 0 Å². The van der Waals surface area contributed by atoms with Crippen molar-refractivity contribution in [1.29, 1.82) is 0 Å². The van der Waals surface area contributed by atoms with Crippen LogP contribution in [0.4, 0.5) is 0 Å². The van der Waals surface area contributed by atoms with Crippen LogP contribution in [0.5, 0.6) is 5.75 Å². The number of hydrogen-bond donors (Lipinski definition) is 1. The summed E-state index contributed by atoms with van der Waals surface area (Å²) in [5.41, 5.74) is 1.24. The van der Waals surface area contributed by atoms with Crippen LogP contribution in [0.25, 0.3) is 0 Å². The van der Waals surface area contributed by atoms with Crippen molar-refractivity contribution in [2.45, 2.75) is 33.0 Å². The molecule has 2 aromatic rings. The predicted molar refractivity (Wildman–Crippen MR) is 83.8 cm³/mol. The maximum Gasteiger partial charge on any atom is 0.133 e. The van der Waals surface area contributed by atoms with Gasteiger partial charge in [-0.25, -0.2) is 4.98 Å². The quantitative estimate of drug-likeness (QED) is 0.843. The maximum atomic E-state index is 5.77. The van der Waals surface area contributed by atoms with Crippen LogP contribution in [0.1, 0.15) is 19.4 Å². The van der Waals surface area contributed by atoms with Crippen LogP contribution in [0, 0.1) is 0 Å². The van der Waals surface area contributed by atoms with Crippen LogP contribution >= 0.6 is 15.9 Å². The Morgan fingerprint density at radius 3 is 2.90 bits per heavy atom. The topological polar surface area (TPSA) is 39.1 Å². The lowest BCUT2D eigenvalue weighted by Gasteiger charge is -2.12. The first-order valence-corrected chi connectivity index (χ1v) is 7.55. The summed E-state index contributed by atoms with van der Waals surface area (Å²) in [6.07, 6.45) is 5.49.